The molecule has 0 atom stereocenters. The Kier molecular flexibility index (Phi) is 4.35. The SMILES string of the molecule is CC(C)(C)OCCC(C)(C)P(=O)(O)O. The van der Waals surface area contributed by atoms with Crippen LogP contribution in [-0.2, 0) is 9.30 Å². The molecule has 0 saturated heterocycles. The Morgan fingerprint density at radius 2 is 1.57 bits per heavy atom. The van der Waals surface area contributed by atoms with Gasteiger partial charge in [-0.25, -0.2) is 0 Å². The van der Waals surface area contributed by atoms with Crippen LogP contribution >= 0.6 is 7.60 Å². The van der Waals surface area contributed by atoms with Crippen molar-refractivity contribution < 1.29 is 19.1 Å². The minimum Gasteiger partial charge on any atom is -0.376 e. The highest BCUT2D eigenvalue weighted by atomic mass is 31.2. The van der Waals surface area contributed by atoms with Crippen LogP contribution in [0, 0.1) is 0 Å². The third kappa shape index (κ3) is 5.11. The fourth-order valence-corrected chi connectivity index (χ4v) is 1.14. The average Bonchev–Trinajstić information content (AvgIpc) is 1.80. The van der Waals surface area contributed by atoms with Crippen LogP contribution in [0.4, 0.5) is 0 Å². The molecule has 0 aromatic carbocycles. The molecule has 2 N–H and O–H groups in total. The Morgan fingerprint density at radius 1 is 1.14 bits per heavy atom. The summed E-state index contributed by atoms with van der Waals surface area (Å²) in [5.74, 6) is 0. The van der Waals surface area contributed by atoms with Crippen molar-refractivity contribution in [2.24, 2.45) is 0 Å². The Labute approximate surface area is 85.8 Å². The summed E-state index contributed by atoms with van der Waals surface area (Å²) in [5, 5.41) is -1.00. The predicted octanol–water partition coefficient (Wildman–Crippen LogP) is 2.15. The molecule has 0 aliphatic rings. The second-order valence-corrected chi connectivity index (χ2v) is 7.37. The molecule has 4 nitrogen and oxygen atoms in total. The van der Waals surface area contributed by atoms with Gasteiger partial charge in [0.05, 0.1) is 10.8 Å². The maximum Gasteiger partial charge on any atom is 0.331 e. The zero-order valence-corrected chi connectivity index (χ0v) is 10.5. The number of rotatable bonds is 4. The largest absolute Gasteiger partial charge is 0.376 e. The summed E-state index contributed by atoms with van der Waals surface area (Å²) < 4.78 is 16.5. The third-order valence-electron chi connectivity index (χ3n) is 2.04. The van der Waals surface area contributed by atoms with Gasteiger partial charge in [0.2, 0.25) is 0 Å². The number of hydrogen-bond acceptors (Lipinski definition) is 2. The first-order chi connectivity index (χ1) is 5.96. The van der Waals surface area contributed by atoms with Gasteiger partial charge in [-0.1, -0.05) is 0 Å². The summed E-state index contributed by atoms with van der Waals surface area (Å²) in [6.07, 6.45) is 0.356. The highest BCUT2D eigenvalue weighted by Gasteiger charge is 2.37. The smallest absolute Gasteiger partial charge is 0.331 e. The minimum absolute atomic E-state index is 0.259. The van der Waals surface area contributed by atoms with Gasteiger partial charge in [0.15, 0.2) is 0 Å². The van der Waals surface area contributed by atoms with Crippen molar-refractivity contribution >= 4 is 7.60 Å². The third-order valence-corrected chi connectivity index (χ3v) is 3.84. The van der Waals surface area contributed by atoms with Crippen molar-refractivity contribution in [3.63, 3.8) is 0 Å². The van der Waals surface area contributed by atoms with Gasteiger partial charge in [-0.15, -0.1) is 0 Å². The minimum atomic E-state index is -4.03. The Morgan fingerprint density at radius 3 is 1.86 bits per heavy atom. The van der Waals surface area contributed by atoms with Gasteiger partial charge in [0.25, 0.3) is 0 Å². The molecule has 0 aliphatic heterocycles. The summed E-state index contributed by atoms with van der Waals surface area (Å²) in [6.45, 7) is 9.22. The summed E-state index contributed by atoms with van der Waals surface area (Å²) in [6, 6.07) is 0. The topological polar surface area (TPSA) is 66.8 Å². The number of hydrogen-bond donors (Lipinski definition) is 2. The van der Waals surface area contributed by atoms with Crippen LogP contribution in [0.5, 0.6) is 0 Å². The fraction of sp³-hybridized carbons (Fsp3) is 1.00. The Bertz CT molecular complexity index is 223. The van der Waals surface area contributed by atoms with E-state index in [4.69, 9.17) is 14.5 Å². The maximum absolute atomic E-state index is 11.0. The zero-order valence-electron chi connectivity index (χ0n) is 9.57. The first kappa shape index (κ1) is 14.1. The first-order valence-electron chi connectivity index (χ1n) is 4.65. The van der Waals surface area contributed by atoms with Gasteiger partial charge in [0, 0.05) is 6.61 Å². The summed E-state index contributed by atoms with van der Waals surface area (Å²) in [7, 11) is -4.03. The van der Waals surface area contributed by atoms with Crippen LogP contribution in [0.3, 0.4) is 0 Å². The van der Waals surface area contributed by atoms with Crippen molar-refractivity contribution in [2.75, 3.05) is 6.61 Å². The molecule has 0 heterocycles. The highest BCUT2D eigenvalue weighted by Crippen LogP contribution is 2.51. The molecule has 0 amide bonds. The van der Waals surface area contributed by atoms with E-state index in [0.717, 1.165) is 0 Å². The van der Waals surface area contributed by atoms with Gasteiger partial charge in [0.1, 0.15) is 0 Å². The second-order valence-electron chi connectivity index (χ2n) is 5.07. The van der Waals surface area contributed by atoms with Crippen LogP contribution < -0.4 is 0 Å². The van der Waals surface area contributed by atoms with E-state index in [1.807, 2.05) is 20.8 Å². The highest BCUT2D eigenvalue weighted by molar-refractivity contribution is 7.53. The lowest BCUT2D eigenvalue weighted by Gasteiger charge is -2.27. The summed E-state index contributed by atoms with van der Waals surface area (Å²) in [5.41, 5.74) is -0.259. The lowest BCUT2D eigenvalue weighted by atomic mass is 10.1. The molecule has 0 unspecified atom stereocenters. The fourth-order valence-electron chi connectivity index (χ4n) is 0.753. The van der Waals surface area contributed by atoms with Crippen molar-refractivity contribution in [3.05, 3.63) is 0 Å². The van der Waals surface area contributed by atoms with Crippen LogP contribution in [0.25, 0.3) is 0 Å². The monoisotopic (exact) mass is 224 g/mol. The molecule has 0 aromatic rings. The Hall–Kier alpha value is 0.110. The van der Waals surface area contributed by atoms with Crippen LogP contribution in [-0.4, -0.2) is 27.2 Å². The normalized spacial score (nSPS) is 14.5. The van der Waals surface area contributed by atoms with E-state index in [1.54, 1.807) is 13.8 Å². The second kappa shape index (κ2) is 4.31. The molecule has 0 radical (unpaired) electrons. The lowest BCUT2D eigenvalue weighted by Crippen LogP contribution is -2.26. The molecule has 0 saturated carbocycles. The van der Waals surface area contributed by atoms with Crippen molar-refractivity contribution in [1.29, 1.82) is 0 Å². The molecular formula is C9H21O4P. The Balaban J connectivity index is 4.09. The molecular weight excluding hydrogens is 203 g/mol. The van der Waals surface area contributed by atoms with Gasteiger partial charge in [-0.05, 0) is 41.0 Å². The average molecular weight is 224 g/mol. The predicted molar refractivity (Wildman–Crippen MR) is 56.4 cm³/mol. The van der Waals surface area contributed by atoms with E-state index in [0.29, 0.717) is 13.0 Å². The van der Waals surface area contributed by atoms with Gasteiger partial charge >= 0.3 is 7.60 Å². The van der Waals surface area contributed by atoms with Crippen molar-refractivity contribution in [2.45, 2.75) is 51.8 Å². The van der Waals surface area contributed by atoms with Gasteiger partial charge < -0.3 is 14.5 Å². The molecule has 0 rings (SSSR count). The van der Waals surface area contributed by atoms with Gasteiger partial charge in [-0.2, -0.15) is 0 Å². The zero-order chi connectivity index (χ0) is 11.6. The maximum atomic E-state index is 11.0. The van der Waals surface area contributed by atoms with Crippen molar-refractivity contribution in [1.82, 2.24) is 0 Å². The molecule has 0 aromatic heterocycles. The van der Waals surface area contributed by atoms with E-state index in [1.165, 1.54) is 0 Å². The summed E-state index contributed by atoms with van der Waals surface area (Å²) >= 11 is 0. The molecule has 0 aliphatic carbocycles. The number of ether oxygens (including phenoxy) is 1. The van der Waals surface area contributed by atoms with Crippen molar-refractivity contribution in [3.8, 4) is 0 Å². The molecule has 86 valence electrons. The van der Waals surface area contributed by atoms with Gasteiger partial charge in [-0.3, -0.25) is 4.57 Å². The summed E-state index contributed by atoms with van der Waals surface area (Å²) in [4.78, 5) is 18.1. The first-order valence-corrected chi connectivity index (χ1v) is 6.26. The molecule has 0 fully saturated rings. The van der Waals surface area contributed by atoms with E-state index < -0.39 is 12.8 Å². The lowest BCUT2D eigenvalue weighted by molar-refractivity contribution is -0.00745. The van der Waals surface area contributed by atoms with E-state index in [2.05, 4.69) is 0 Å². The van der Waals surface area contributed by atoms with Crippen LogP contribution in [0.2, 0.25) is 0 Å². The van der Waals surface area contributed by atoms with E-state index in [9.17, 15) is 4.57 Å². The van der Waals surface area contributed by atoms with Crippen LogP contribution in [0.1, 0.15) is 41.0 Å². The van der Waals surface area contributed by atoms with E-state index in [-0.39, 0.29) is 5.60 Å². The van der Waals surface area contributed by atoms with E-state index >= 15 is 0 Å². The quantitative estimate of drug-likeness (QED) is 0.718. The molecule has 0 bridgehead atoms. The standard InChI is InChI=1S/C9H21O4P/c1-8(2,3)13-7-6-9(4,5)14(10,11)12/h6-7H2,1-5H3,(H2,10,11,12). The molecule has 14 heavy (non-hydrogen) atoms. The molecule has 5 heteroatoms. The molecule has 0 spiro atoms. The van der Waals surface area contributed by atoms with Crippen LogP contribution in [0.15, 0.2) is 0 Å².